The lowest BCUT2D eigenvalue weighted by atomic mass is 9.89. The maximum Gasteiger partial charge on any atom is 0.337 e. The van der Waals surface area contributed by atoms with E-state index in [4.69, 9.17) is 5.11 Å². The third-order valence-corrected chi connectivity index (χ3v) is 3.39. The molecule has 2 aromatic rings. The lowest BCUT2D eigenvalue weighted by molar-refractivity contribution is -0.147. The summed E-state index contributed by atoms with van der Waals surface area (Å²) in [4.78, 5) is 22.5. The molecular formula is C16H14O7. The molecule has 2 rings (SSSR count). The average Bonchev–Trinajstić information content (AvgIpc) is 2.50. The van der Waals surface area contributed by atoms with Crippen LogP contribution in [0.15, 0.2) is 42.5 Å². The van der Waals surface area contributed by atoms with Crippen molar-refractivity contribution < 1.29 is 35.1 Å². The number of benzene rings is 2. The fourth-order valence-electron chi connectivity index (χ4n) is 2.25. The number of hydrogen-bond donors (Lipinski definition) is 5. The van der Waals surface area contributed by atoms with E-state index in [1.165, 1.54) is 30.3 Å². The Morgan fingerprint density at radius 3 is 1.91 bits per heavy atom. The maximum atomic E-state index is 11.6. The van der Waals surface area contributed by atoms with E-state index < -0.39 is 29.7 Å². The predicted octanol–water partition coefficient (Wildman–Crippen LogP) is 1.43. The van der Waals surface area contributed by atoms with Crippen LogP contribution in [0, 0.1) is 0 Å². The Morgan fingerprint density at radius 1 is 0.826 bits per heavy atom. The number of aliphatic carboxylic acids is 2. The van der Waals surface area contributed by atoms with Gasteiger partial charge in [0.15, 0.2) is 6.10 Å². The number of carboxylic acid groups (broad SMARTS) is 2. The number of aliphatic hydroxyl groups excluding tert-OH is 1. The van der Waals surface area contributed by atoms with E-state index in [-0.39, 0.29) is 16.9 Å². The predicted molar refractivity (Wildman–Crippen MR) is 78.3 cm³/mol. The van der Waals surface area contributed by atoms with Crippen molar-refractivity contribution in [3.05, 3.63) is 59.2 Å². The third kappa shape index (κ3) is 3.41. The zero-order chi connectivity index (χ0) is 17.1. The lowest BCUT2D eigenvalue weighted by Crippen LogP contribution is -2.15. The molecule has 0 aliphatic heterocycles. The second-order valence-corrected chi connectivity index (χ2v) is 4.92. The second kappa shape index (κ2) is 6.37. The first kappa shape index (κ1) is 16.3. The highest BCUT2D eigenvalue weighted by Crippen LogP contribution is 2.32. The third-order valence-electron chi connectivity index (χ3n) is 3.39. The monoisotopic (exact) mass is 318 g/mol. The summed E-state index contributed by atoms with van der Waals surface area (Å²) in [5.41, 5.74) is 0.257. The molecule has 0 heterocycles. The van der Waals surface area contributed by atoms with E-state index in [1.807, 2.05) is 0 Å². The number of carbonyl (C=O) groups is 2. The molecule has 0 amide bonds. The van der Waals surface area contributed by atoms with E-state index in [0.29, 0.717) is 5.56 Å². The molecule has 2 atom stereocenters. The van der Waals surface area contributed by atoms with Crippen LogP contribution in [0.1, 0.15) is 28.7 Å². The molecular weight excluding hydrogens is 304 g/mol. The standard InChI is InChI=1S/C16H14O7/c17-10-4-1-8(2-5-10)13(15(20)21)9-3-6-12(18)11(7-9)14(19)16(22)23/h1-7,13-14,17-19H,(H,20,21)(H,22,23). The highest BCUT2D eigenvalue weighted by atomic mass is 16.4. The fraction of sp³-hybridized carbons (Fsp3) is 0.125. The average molecular weight is 318 g/mol. The molecule has 2 unspecified atom stereocenters. The molecule has 0 aromatic heterocycles. The van der Waals surface area contributed by atoms with E-state index >= 15 is 0 Å². The zero-order valence-electron chi connectivity index (χ0n) is 11.7. The molecule has 0 fully saturated rings. The van der Waals surface area contributed by atoms with E-state index in [9.17, 15) is 30.0 Å². The van der Waals surface area contributed by atoms with E-state index in [0.717, 1.165) is 12.1 Å². The first-order valence-electron chi connectivity index (χ1n) is 6.56. The van der Waals surface area contributed by atoms with Crippen LogP contribution in [0.3, 0.4) is 0 Å². The van der Waals surface area contributed by atoms with Gasteiger partial charge in [0.25, 0.3) is 0 Å². The van der Waals surface area contributed by atoms with Crippen LogP contribution in [0.25, 0.3) is 0 Å². The normalized spacial score (nSPS) is 13.3. The van der Waals surface area contributed by atoms with Crippen LogP contribution in [0.4, 0.5) is 0 Å². The number of rotatable bonds is 5. The number of phenolic OH excluding ortho intramolecular Hbond substituents is 2. The minimum absolute atomic E-state index is 0.0226. The van der Waals surface area contributed by atoms with E-state index in [2.05, 4.69) is 0 Å². The van der Waals surface area contributed by atoms with Crippen molar-refractivity contribution in [1.82, 2.24) is 0 Å². The Kier molecular flexibility index (Phi) is 4.52. The van der Waals surface area contributed by atoms with Gasteiger partial charge in [-0.1, -0.05) is 18.2 Å². The van der Waals surface area contributed by atoms with Gasteiger partial charge in [0.1, 0.15) is 17.4 Å². The highest BCUT2D eigenvalue weighted by Gasteiger charge is 2.26. The molecule has 0 saturated carbocycles. The van der Waals surface area contributed by atoms with Crippen LogP contribution >= 0.6 is 0 Å². The molecule has 0 aliphatic carbocycles. The summed E-state index contributed by atoms with van der Waals surface area (Å²) >= 11 is 0. The topological polar surface area (TPSA) is 135 Å². The smallest absolute Gasteiger partial charge is 0.337 e. The molecule has 7 nitrogen and oxygen atoms in total. The Hall–Kier alpha value is -3.06. The van der Waals surface area contributed by atoms with Crippen molar-refractivity contribution >= 4 is 11.9 Å². The Balaban J connectivity index is 2.52. The summed E-state index contributed by atoms with van der Waals surface area (Å²) in [7, 11) is 0. The van der Waals surface area contributed by atoms with Crippen LogP contribution in [-0.2, 0) is 9.59 Å². The molecule has 0 bridgehead atoms. The molecule has 7 heteroatoms. The molecule has 120 valence electrons. The van der Waals surface area contributed by atoms with Gasteiger partial charge in [-0.2, -0.15) is 0 Å². The molecule has 2 aromatic carbocycles. The maximum absolute atomic E-state index is 11.6. The Bertz CT molecular complexity index is 737. The quantitative estimate of drug-likeness (QED) is 0.562. The summed E-state index contributed by atoms with van der Waals surface area (Å²) < 4.78 is 0. The minimum Gasteiger partial charge on any atom is -0.508 e. The first-order valence-corrected chi connectivity index (χ1v) is 6.56. The number of carboxylic acids is 2. The molecule has 23 heavy (non-hydrogen) atoms. The largest absolute Gasteiger partial charge is 0.508 e. The van der Waals surface area contributed by atoms with Crippen LogP contribution in [0.5, 0.6) is 11.5 Å². The summed E-state index contributed by atoms with van der Waals surface area (Å²) in [5, 5.41) is 46.8. The van der Waals surface area contributed by atoms with Crippen molar-refractivity contribution in [2.24, 2.45) is 0 Å². The molecule has 0 saturated heterocycles. The number of hydrogen-bond acceptors (Lipinski definition) is 5. The van der Waals surface area contributed by atoms with Gasteiger partial charge in [-0.05, 0) is 35.4 Å². The summed E-state index contributed by atoms with van der Waals surface area (Å²) in [6, 6.07) is 9.12. The van der Waals surface area contributed by atoms with Gasteiger partial charge >= 0.3 is 11.9 Å². The SMILES string of the molecule is O=C(O)C(O)c1cc(C(C(=O)O)c2ccc(O)cc2)ccc1O. The van der Waals surface area contributed by atoms with Gasteiger partial charge in [0, 0.05) is 5.56 Å². The molecule has 0 spiro atoms. The summed E-state index contributed by atoms with van der Waals surface area (Å²) in [6.45, 7) is 0. The fourth-order valence-corrected chi connectivity index (χ4v) is 2.25. The zero-order valence-corrected chi connectivity index (χ0v) is 11.7. The van der Waals surface area contributed by atoms with Crippen LogP contribution in [0.2, 0.25) is 0 Å². The molecule has 5 N–H and O–H groups in total. The highest BCUT2D eigenvalue weighted by molar-refractivity contribution is 5.81. The van der Waals surface area contributed by atoms with Gasteiger partial charge in [-0.3, -0.25) is 4.79 Å². The second-order valence-electron chi connectivity index (χ2n) is 4.92. The summed E-state index contributed by atoms with van der Waals surface area (Å²) in [5.74, 6) is -4.37. The minimum atomic E-state index is -1.97. The van der Waals surface area contributed by atoms with Gasteiger partial charge in [-0.25, -0.2) is 4.79 Å². The summed E-state index contributed by atoms with van der Waals surface area (Å²) in [6.07, 6.45) is -1.97. The van der Waals surface area contributed by atoms with Gasteiger partial charge < -0.3 is 25.5 Å². The van der Waals surface area contributed by atoms with Crippen molar-refractivity contribution in [2.75, 3.05) is 0 Å². The van der Waals surface area contributed by atoms with Crippen molar-refractivity contribution in [1.29, 1.82) is 0 Å². The first-order chi connectivity index (χ1) is 10.8. The number of aliphatic hydroxyl groups is 1. The lowest BCUT2D eigenvalue weighted by Gasteiger charge is -2.16. The van der Waals surface area contributed by atoms with Crippen molar-refractivity contribution in [2.45, 2.75) is 12.0 Å². The van der Waals surface area contributed by atoms with E-state index in [1.54, 1.807) is 0 Å². The van der Waals surface area contributed by atoms with Crippen molar-refractivity contribution in [3.63, 3.8) is 0 Å². The van der Waals surface area contributed by atoms with Gasteiger partial charge in [-0.15, -0.1) is 0 Å². The van der Waals surface area contributed by atoms with Crippen molar-refractivity contribution in [3.8, 4) is 11.5 Å². The molecule has 0 aliphatic rings. The Labute approximate surface area is 130 Å². The number of aromatic hydroxyl groups is 2. The Morgan fingerprint density at radius 2 is 1.39 bits per heavy atom. The van der Waals surface area contributed by atoms with Crippen LogP contribution in [-0.4, -0.2) is 37.5 Å². The van der Waals surface area contributed by atoms with Gasteiger partial charge in [0.2, 0.25) is 0 Å². The van der Waals surface area contributed by atoms with Crippen LogP contribution < -0.4 is 0 Å². The van der Waals surface area contributed by atoms with Gasteiger partial charge in [0.05, 0.1) is 0 Å². The molecule has 0 radical (unpaired) electrons. The number of phenols is 2.